The lowest BCUT2D eigenvalue weighted by Gasteiger charge is -2.34. The maximum atomic E-state index is 13.9. The Morgan fingerprint density at radius 2 is 1.56 bits per heavy atom. The van der Waals surface area contributed by atoms with Gasteiger partial charge >= 0.3 is 6.18 Å². The van der Waals surface area contributed by atoms with Gasteiger partial charge in [0.2, 0.25) is 5.91 Å². The molecule has 0 radical (unpaired) electrons. The predicted molar refractivity (Wildman–Crippen MR) is 118 cm³/mol. The summed E-state index contributed by atoms with van der Waals surface area (Å²) in [7, 11) is 0. The lowest BCUT2D eigenvalue weighted by atomic mass is 9.89. The zero-order valence-corrected chi connectivity index (χ0v) is 18.2. The predicted octanol–water partition coefficient (Wildman–Crippen LogP) is 2.85. The molecule has 0 aromatic heterocycles. The number of anilines is 2. The topological polar surface area (TPSA) is 103 Å². The van der Waals surface area contributed by atoms with E-state index < -0.39 is 36.1 Å². The molecule has 0 spiro atoms. The molecule has 2 aromatic carbocycles. The largest absolute Gasteiger partial charge is 0.406 e. The van der Waals surface area contributed by atoms with Crippen molar-refractivity contribution in [1.82, 2.24) is 15.8 Å². The first-order valence-electron chi connectivity index (χ1n) is 10.4. The van der Waals surface area contributed by atoms with Crippen molar-refractivity contribution in [2.24, 2.45) is 0 Å². The first-order chi connectivity index (χ1) is 16.1. The number of hydrogen-bond acceptors (Lipinski definition) is 5. The Hall–Kier alpha value is -3.86. The molecule has 8 nitrogen and oxygen atoms in total. The van der Waals surface area contributed by atoms with Crippen molar-refractivity contribution in [3.05, 3.63) is 71.4 Å². The van der Waals surface area contributed by atoms with Gasteiger partial charge in [0.1, 0.15) is 17.8 Å². The quantitative estimate of drug-likeness (QED) is 0.512. The van der Waals surface area contributed by atoms with Crippen LogP contribution in [0, 0.1) is 0 Å². The lowest BCUT2D eigenvalue weighted by Crippen LogP contribution is -2.56. The number of nitrogens with zero attached hydrogens (tertiary/aromatic N) is 1. The van der Waals surface area contributed by atoms with Gasteiger partial charge in [0.25, 0.3) is 11.8 Å². The van der Waals surface area contributed by atoms with E-state index in [9.17, 15) is 27.6 Å². The minimum Gasteiger partial charge on any atom is -0.366 e. The molecule has 2 aliphatic rings. The Labute approximate surface area is 193 Å². The number of benzene rings is 2. The molecule has 0 aliphatic carbocycles. The van der Waals surface area contributed by atoms with E-state index in [1.807, 2.05) is 0 Å². The Morgan fingerprint density at radius 3 is 2.15 bits per heavy atom. The molecule has 4 rings (SSSR count). The van der Waals surface area contributed by atoms with Gasteiger partial charge in [-0.3, -0.25) is 14.4 Å². The third-order valence-corrected chi connectivity index (χ3v) is 5.68. The molecule has 178 valence electrons. The number of hydrogen-bond donors (Lipinski definition) is 4. The molecule has 3 atom stereocenters. The van der Waals surface area contributed by atoms with Crippen molar-refractivity contribution in [3.8, 4) is 0 Å². The Balaban J connectivity index is 1.65. The summed E-state index contributed by atoms with van der Waals surface area (Å²) >= 11 is 0. The van der Waals surface area contributed by atoms with Crippen LogP contribution in [0.2, 0.25) is 0 Å². The standard InChI is InChI=1S/C23H22F3N5O3/c1-12-17(21(33)29-16-11-7-6-10-15(16)28-13(2)32)22(34)31-20(27-12)18(14-8-4-3-5-9-14)19(30-31)23(24,25)26/h3-11,18-20,27,30H,1-2H3,(H,28,32)(H,29,33). The van der Waals surface area contributed by atoms with Gasteiger partial charge in [-0.05, 0) is 24.6 Å². The SMILES string of the molecule is CC(=O)Nc1ccccc1NC(=O)C1=C(C)NC2C(c3ccccc3)C(C(F)(F)F)NN2C1=O. The molecule has 3 unspecified atom stereocenters. The third-order valence-electron chi connectivity index (χ3n) is 5.68. The van der Waals surface area contributed by atoms with Gasteiger partial charge in [0.15, 0.2) is 0 Å². The summed E-state index contributed by atoms with van der Waals surface area (Å²) in [5, 5.41) is 8.88. The summed E-state index contributed by atoms with van der Waals surface area (Å²) in [5.41, 5.74) is 3.02. The van der Waals surface area contributed by atoms with Gasteiger partial charge in [-0.2, -0.15) is 13.2 Å². The number of nitrogens with one attached hydrogen (secondary N) is 4. The number of carbonyl (C=O) groups is 3. The van der Waals surface area contributed by atoms with Crippen molar-refractivity contribution in [2.75, 3.05) is 10.6 Å². The van der Waals surface area contributed by atoms with Gasteiger partial charge in [-0.15, -0.1) is 0 Å². The highest BCUT2D eigenvalue weighted by atomic mass is 19.4. The van der Waals surface area contributed by atoms with E-state index in [0.717, 1.165) is 5.01 Å². The molecule has 0 saturated carbocycles. The van der Waals surface area contributed by atoms with E-state index in [2.05, 4.69) is 21.4 Å². The number of allylic oxidation sites excluding steroid dienone is 1. The van der Waals surface area contributed by atoms with Crippen LogP contribution in [0.3, 0.4) is 0 Å². The number of rotatable bonds is 4. The van der Waals surface area contributed by atoms with Crippen LogP contribution in [0.5, 0.6) is 0 Å². The fraction of sp³-hybridized carbons (Fsp3) is 0.261. The molecule has 1 saturated heterocycles. The molecule has 2 heterocycles. The van der Waals surface area contributed by atoms with Crippen molar-refractivity contribution in [3.63, 3.8) is 0 Å². The molecule has 2 aliphatic heterocycles. The van der Waals surface area contributed by atoms with Crippen LogP contribution < -0.4 is 21.4 Å². The van der Waals surface area contributed by atoms with Crippen molar-refractivity contribution in [1.29, 1.82) is 0 Å². The fourth-order valence-corrected chi connectivity index (χ4v) is 4.24. The number of fused-ring (bicyclic) bond motifs is 1. The van der Waals surface area contributed by atoms with Crippen molar-refractivity contribution in [2.45, 2.75) is 38.1 Å². The Kier molecular flexibility index (Phi) is 6.05. The normalized spacial score (nSPS) is 22.2. The number of alkyl halides is 3. The van der Waals surface area contributed by atoms with Crippen LogP contribution in [-0.4, -0.2) is 41.1 Å². The Bertz CT molecular complexity index is 1170. The first kappa shape index (κ1) is 23.3. The second-order valence-electron chi connectivity index (χ2n) is 8.03. The van der Waals surface area contributed by atoms with Crippen LogP contribution in [0.25, 0.3) is 0 Å². The zero-order valence-electron chi connectivity index (χ0n) is 18.2. The highest BCUT2D eigenvalue weighted by molar-refractivity contribution is 6.24. The van der Waals surface area contributed by atoms with Gasteiger partial charge < -0.3 is 16.0 Å². The van der Waals surface area contributed by atoms with E-state index in [1.54, 1.807) is 48.5 Å². The van der Waals surface area contributed by atoms with Crippen LogP contribution >= 0.6 is 0 Å². The van der Waals surface area contributed by atoms with E-state index in [1.165, 1.54) is 19.9 Å². The molecule has 1 fully saturated rings. The van der Waals surface area contributed by atoms with Crippen LogP contribution in [0.4, 0.5) is 24.5 Å². The molecular weight excluding hydrogens is 451 g/mol. The summed E-state index contributed by atoms with van der Waals surface area (Å²) in [6, 6.07) is 12.4. The molecule has 34 heavy (non-hydrogen) atoms. The molecule has 2 aromatic rings. The molecule has 4 N–H and O–H groups in total. The highest BCUT2D eigenvalue weighted by Crippen LogP contribution is 2.41. The van der Waals surface area contributed by atoms with Crippen LogP contribution in [0.15, 0.2) is 65.9 Å². The van der Waals surface area contributed by atoms with Crippen molar-refractivity contribution < 1.29 is 27.6 Å². The number of amides is 3. The summed E-state index contributed by atoms with van der Waals surface area (Å²) in [6.45, 7) is 2.77. The van der Waals surface area contributed by atoms with Gasteiger partial charge in [-0.1, -0.05) is 42.5 Å². The fourth-order valence-electron chi connectivity index (χ4n) is 4.24. The minimum absolute atomic E-state index is 0.145. The van der Waals surface area contributed by atoms with Gasteiger partial charge in [0.05, 0.1) is 17.3 Å². The van der Waals surface area contributed by atoms with Gasteiger partial charge in [0, 0.05) is 12.6 Å². The summed E-state index contributed by atoms with van der Waals surface area (Å²) in [5.74, 6) is -3.20. The summed E-state index contributed by atoms with van der Waals surface area (Å²) in [6.07, 6.45) is -5.70. The van der Waals surface area contributed by atoms with Gasteiger partial charge in [-0.25, -0.2) is 10.4 Å². The number of para-hydroxylation sites is 2. The maximum Gasteiger partial charge on any atom is 0.406 e. The van der Waals surface area contributed by atoms with E-state index in [0.29, 0.717) is 11.3 Å². The minimum atomic E-state index is -4.65. The van der Waals surface area contributed by atoms with Crippen LogP contribution in [-0.2, 0) is 14.4 Å². The zero-order chi connectivity index (χ0) is 24.6. The summed E-state index contributed by atoms with van der Waals surface area (Å²) in [4.78, 5) is 37.7. The molecule has 11 heteroatoms. The second kappa shape index (κ2) is 8.82. The highest BCUT2D eigenvalue weighted by Gasteiger charge is 2.58. The Morgan fingerprint density at radius 1 is 0.971 bits per heavy atom. The number of halogens is 3. The number of carbonyl (C=O) groups excluding carboxylic acids is 3. The van der Waals surface area contributed by atoms with Crippen LogP contribution in [0.1, 0.15) is 25.3 Å². The third kappa shape index (κ3) is 4.34. The average Bonchev–Trinajstić information content (AvgIpc) is 3.15. The van der Waals surface area contributed by atoms with E-state index in [-0.39, 0.29) is 22.9 Å². The smallest absolute Gasteiger partial charge is 0.366 e. The van der Waals surface area contributed by atoms with Crippen molar-refractivity contribution >= 4 is 29.1 Å². The first-order valence-corrected chi connectivity index (χ1v) is 10.4. The summed E-state index contributed by atoms with van der Waals surface area (Å²) < 4.78 is 41.7. The molecule has 3 amide bonds. The average molecular weight is 473 g/mol. The molecule has 0 bridgehead atoms. The monoisotopic (exact) mass is 473 g/mol. The van der Waals surface area contributed by atoms with E-state index in [4.69, 9.17) is 0 Å². The molecular formula is C23H22F3N5O3. The lowest BCUT2D eigenvalue weighted by molar-refractivity contribution is -0.161. The van der Waals surface area contributed by atoms with E-state index >= 15 is 0 Å². The maximum absolute atomic E-state index is 13.9. The number of hydrazine groups is 1. The second-order valence-corrected chi connectivity index (χ2v) is 8.03.